The van der Waals surface area contributed by atoms with Gasteiger partial charge in [-0.05, 0) is 79.6 Å². The lowest BCUT2D eigenvalue weighted by molar-refractivity contribution is -0.265. The number of benzene rings is 2. The van der Waals surface area contributed by atoms with Gasteiger partial charge in [0.2, 0.25) is 10.0 Å². The fourth-order valence-electron chi connectivity index (χ4n) is 5.78. The number of carbonyl (C=O) groups excluding carboxylic acids is 1. The van der Waals surface area contributed by atoms with Crippen LogP contribution in [0.3, 0.4) is 0 Å². The topological polar surface area (TPSA) is 95.9 Å². The third-order valence-corrected chi connectivity index (χ3v) is 9.54. The van der Waals surface area contributed by atoms with Gasteiger partial charge in [0.1, 0.15) is 12.4 Å². The number of nitrogens with one attached hydrogen (secondary N) is 1. The predicted molar refractivity (Wildman–Crippen MR) is 152 cm³/mol. The summed E-state index contributed by atoms with van der Waals surface area (Å²) >= 11 is 0. The predicted octanol–water partition coefficient (Wildman–Crippen LogP) is 5.81. The SMILES string of the molecule is COOCC1=Cc2cc(OC)ccc2-c2c(C3CCCCC3)c3ccc(C(=O)NS(=O)(=O)C(C)C)cc3n2C1. The van der Waals surface area contributed by atoms with Crippen molar-refractivity contribution < 1.29 is 27.7 Å². The Morgan fingerprint density at radius 3 is 2.54 bits per heavy atom. The number of aromatic nitrogens is 1. The van der Waals surface area contributed by atoms with E-state index in [4.69, 9.17) is 14.5 Å². The van der Waals surface area contributed by atoms with Crippen LogP contribution in [0.25, 0.3) is 28.2 Å². The van der Waals surface area contributed by atoms with Crippen LogP contribution < -0.4 is 9.46 Å². The standard InChI is InChI=1S/C30H36N2O6S/c1-19(2)39(34,35)31-30(33)22-10-12-26-27(16-22)32-17-20(18-38-37-4)14-23-15-24(36-3)11-13-25(23)29(32)28(26)21-8-6-5-7-9-21/h10-16,19,21H,5-9,17-18H2,1-4H3,(H,31,33). The molecule has 0 saturated heterocycles. The highest BCUT2D eigenvalue weighted by Gasteiger charge is 2.30. The molecule has 1 saturated carbocycles. The van der Waals surface area contributed by atoms with Crippen molar-refractivity contribution in [1.82, 2.24) is 9.29 Å². The number of rotatable bonds is 8. The third kappa shape index (κ3) is 5.35. The average Bonchev–Trinajstić information content (AvgIpc) is 3.15. The molecule has 0 unspecified atom stereocenters. The average molecular weight is 553 g/mol. The summed E-state index contributed by atoms with van der Waals surface area (Å²) in [7, 11) is -0.609. The molecule has 2 aliphatic rings. The van der Waals surface area contributed by atoms with Crippen molar-refractivity contribution >= 4 is 32.9 Å². The molecule has 39 heavy (non-hydrogen) atoms. The molecule has 1 aliphatic heterocycles. The fraction of sp³-hybridized carbons (Fsp3) is 0.433. The Morgan fingerprint density at radius 1 is 1.08 bits per heavy atom. The number of carbonyl (C=O) groups is 1. The second kappa shape index (κ2) is 11.2. The van der Waals surface area contributed by atoms with Crippen LogP contribution in [0.4, 0.5) is 0 Å². The molecule has 208 valence electrons. The molecule has 1 fully saturated rings. The van der Waals surface area contributed by atoms with Gasteiger partial charge in [0.25, 0.3) is 5.91 Å². The molecule has 1 amide bonds. The summed E-state index contributed by atoms with van der Waals surface area (Å²) in [6.07, 6.45) is 7.95. The maximum Gasteiger partial charge on any atom is 0.264 e. The zero-order chi connectivity index (χ0) is 27.7. The van der Waals surface area contributed by atoms with Crippen molar-refractivity contribution in [3.8, 4) is 17.0 Å². The quantitative estimate of drug-likeness (QED) is 0.280. The van der Waals surface area contributed by atoms with E-state index >= 15 is 0 Å². The Bertz CT molecular complexity index is 1530. The number of nitrogens with zero attached hydrogens (tertiary/aromatic N) is 1. The van der Waals surface area contributed by atoms with E-state index in [-0.39, 0.29) is 6.61 Å². The van der Waals surface area contributed by atoms with Crippen LogP contribution in [0, 0.1) is 0 Å². The first kappa shape index (κ1) is 27.4. The fourth-order valence-corrected chi connectivity index (χ4v) is 6.39. The van der Waals surface area contributed by atoms with Gasteiger partial charge in [0.15, 0.2) is 0 Å². The van der Waals surface area contributed by atoms with Gasteiger partial charge < -0.3 is 9.30 Å². The highest BCUT2D eigenvalue weighted by atomic mass is 32.2. The van der Waals surface area contributed by atoms with Crippen LogP contribution in [-0.2, 0) is 26.3 Å². The first-order valence-corrected chi connectivity index (χ1v) is 15.0. The van der Waals surface area contributed by atoms with Gasteiger partial charge in [0.05, 0.1) is 25.2 Å². The molecule has 2 heterocycles. The number of methoxy groups -OCH3 is 1. The summed E-state index contributed by atoms with van der Waals surface area (Å²) in [6, 6.07) is 11.7. The molecule has 1 N–H and O–H groups in total. The van der Waals surface area contributed by atoms with Crippen molar-refractivity contribution in [2.75, 3.05) is 20.8 Å². The highest BCUT2D eigenvalue weighted by molar-refractivity contribution is 7.90. The number of ether oxygens (including phenoxy) is 1. The Morgan fingerprint density at radius 2 is 1.85 bits per heavy atom. The van der Waals surface area contributed by atoms with Gasteiger partial charge >= 0.3 is 0 Å². The van der Waals surface area contributed by atoms with Crippen LogP contribution in [0.15, 0.2) is 42.0 Å². The number of hydrogen-bond acceptors (Lipinski definition) is 6. The number of fused-ring (bicyclic) bond motifs is 5. The highest BCUT2D eigenvalue weighted by Crippen LogP contribution is 2.47. The third-order valence-electron chi connectivity index (χ3n) is 7.83. The van der Waals surface area contributed by atoms with E-state index in [0.717, 1.165) is 51.9 Å². The molecule has 1 aromatic heterocycles. The summed E-state index contributed by atoms with van der Waals surface area (Å²) in [5.41, 5.74) is 6.74. The van der Waals surface area contributed by atoms with E-state index in [1.165, 1.54) is 31.9 Å². The summed E-state index contributed by atoms with van der Waals surface area (Å²) in [5.74, 6) is 0.536. The molecule has 0 bridgehead atoms. The van der Waals surface area contributed by atoms with Gasteiger partial charge in [-0.15, -0.1) is 0 Å². The van der Waals surface area contributed by atoms with Gasteiger partial charge in [-0.2, -0.15) is 0 Å². The second-order valence-electron chi connectivity index (χ2n) is 10.6. The van der Waals surface area contributed by atoms with Crippen LogP contribution in [0.2, 0.25) is 0 Å². The lowest BCUT2D eigenvalue weighted by Crippen LogP contribution is -2.35. The zero-order valence-electron chi connectivity index (χ0n) is 23.0. The molecular formula is C30H36N2O6S. The molecule has 9 heteroatoms. The van der Waals surface area contributed by atoms with Crippen LogP contribution in [0.5, 0.6) is 5.75 Å². The van der Waals surface area contributed by atoms with Crippen molar-refractivity contribution in [1.29, 1.82) is 0 Å². The molecule has 1 aliphatic carbocycles. The van der Waals surface area contributed by atoms with Crippen molar-refractivity contribution in [3.63, 3.8) is 0 Å². The molecule has 5 rings (SSSR count). The molecule has 2 aromatic carbocycles. The van der Waals surface area contributed by atoms with Crippen molar-refractivity contribution in [2.45, 2.75) is 63.7 Å². The minimum absolute atomic E-state index is 0.276. The lowest BCUT2D eigenvalue weighted by atomic mass is 9.81. The number of sulfonamides is 1. The van der Waals surface area contributed by atoms with E-state index in [1.807, 2.05) is 24.3 Å². The molecule has 8 nitrogen and oxygen atoms in total. The van der Waals surface area contributed by atoms with Crippen molar-refractivity contribution in [2.24, 2.45) is 0 Å². The van der Waals surface area contributed by atoms with E-state index in [0.29, 0.717) is 18.0 Å². The van der Waals surface area contributed by atoms with Gasteiger partial charge in [-0.1, -0.05) is 31.4 Å². The normalized spacial score (nSPS) is 16.0. The Kier molecular flexibility index (Phi) is 7.84. The molecule has 0 spiro atoms. The monoisotopic (exact) mass is 552 g/mol. The molecular weight excluding hydrogens is 516 g/mol. The Labute approximate surface area is 229 Å². The summed E-state index contributed by atoms with van der Waals surface area (Å²) in [5, 5.41) is 0.380. The van der Waals surface area contributed by atoms with Crippen LogP contribution in [-0.4, -0.2) is 45.0 Å². The molecule has 0 atom stereocenters. The largest absolute Gasteiger partial charge is 0.497 e. The van der Waals surface area contributed by atoms with E-state index in [9.17, 15) is 13.2 Å². The van der Waals surface area contributed by atoms with Gasteiger partial charge in [-0.3, -0.25) is 4.79 Å². The first-order valence-electron chi connectivity index (χ1n) is 13.5. The van der Waals surface area contributed by atoms with Crippen LogP contribution >= 0.6 is 0 Å². The lowest BCUT2D eigenvalue weighted by Gasteiger charge is -2.24. The maximum absolute atomic E-state index is 13.1. The maximum atomic E-state index is 13.1. The molecule has 3 aromatic rings. The van der Waals surface area contributed by atoms with Crippen LogP contribution in [0.1, 0.15) is 73.4 Å². The number of hydrogen-bond donors (Lipinski definition) is 1. The first-order chi connectivity index (χ1) is 18.7. The van der Waals surface area contributed by atoms with E-state index in [1.54, 1.807) is 27.0 Å². The number of amides is 1. The van der Waals surface area contributed by atoms with E-state index in [2.05, 4.69) is 21.4 Å². The smallest absolute Gasteiger partial charge is 0.264 e. The van der Waals surface area contributed by atoms with E-state index < -0.39 is 21.2 Å². The van der Waals surface area contributed by atoms with Crippen molar-refractivity contribution in [3.05, 3.63) is 58.7 Å². The second-order valence-corrected chi connectivity index (χ2v) is 12.9. The van der Waals surface area contributed by atoms with Gasteiger partial charge in [0, 0.05) is 28.6 Å². The Balaban J connectivity index is 1.74. The van der Waals surface area contributed by atoms with Gasteiger partial charge in [-0.25, -0.2) is 22.9 Å². The summed E-state index contributed by atoms with van der Waals surface area (Å²) < 4.78 is 34.9. The summed E-state index contributed by atoms with van der Waals surface area (Å²) in [4.78, 5) is 23.3. The minimum atomic E-state index is -3.76. The zero-order valence-corrected chi connectivity index (χ0v) is 23.8. The molecule has 0 radical (unpaired) electrons. The summed E-state index contributed by atoms with van der Waals surface area (Å²) in [6.45, 7) is 3.90. The Hall–Kier alpha value is -3.14. The minimum Gasteiger partial charge on any atom is -0.497 e.